The van der Waals surface area contributed by atoms with E-state index in [4.69, 9.17) is 29.8 Å². The molecule has 0 unspecified atom stereocenters. The van der Waals surface area contributed by atoms with Crippen LogP contribution in [0.5, 0.6) is 0 Å². The molecule has 1 N–H and O–H groups in total. The van der Waals surface area contributed by atoms with Crippen molar-refractivity contribution in [1.82, 2.24) is 19.7 Å². The van der Waals surface area contributed by atoms with Crippen LogP contribution in [0, 0.1) is 6.57 Å². The number of benzene rings is 1. The van der Waals surface area contributed by atoms with Gasteiger partial charge in [0.1, 0.15) is 17.3 Å². The second-order valence-corrected chi connectivity index (χ2v) is 6.19. The predicted octanol–water partition coefficient (Wildman–Crippen LogP) is 5.42. The van der Waals surface area contributed by atoms with Gasteiger partial charge in [-0.2, -0.15) is 5.10 Å². The SMILES string of the molecule is [C-]#[N+]c1ccc(Nc2nccc3nn(-c4c(Cl)cccc4Cl)cc23)nc1. The molecule has 0 saturated carbocycles. The van der Waals surface area contributed by atoms with Gasteiger partial charge in [0.25, 0.3) is 0 Å². The lowest BCUT2D eigenvalue weighted by Gasteiger charge is -2.06. The molecule has 0 bridgehead atoms. The summed E-state index contributed by atoms with van der Waals surface area (Å²) >= 11 is 12.6. The van der Waals surface area contributed by atoms with Crippen LogP contribution in [-0.4, -0.2) is 19.7 Å². The monoisotopic (exact) mass is 380 g/mol. The van der Waals surface area contributed by atoms with Crippen LogP contribution in [0.4, 0.5) is 17.3 Å². The average Bonchev–Trinajstić information content (AvgIpc) is 3.07. The van der Waals surface area contributed by atoms with Crippen molar-refractivity contribution in [2.24, 2.45) is 0 Å². The Hall–Kier alpha value is -3.14. The van der Waals surface area contributed by atoms with E-state index < -0.39 is 0 Å². The third-order valence-electron chi connectivity index (χ3n) is 3.72. The molecule has 26 heavy (non-hydrogen) atoms. The number of fused-ring (bicyclic) bond motifs is 1. The number of nitrogens with zero attached hydrogens (tertiary/aromatic N) is 5. The molecule has 0 spiro atoms. The first-order chi connectivity index (χ1) is 12.7. The largest absolute Gasteiger partial charge is 0.324 e. The van der Waals surface area contributed by atoms with Gasteiger partial charge in [0.05, 0.1) is 27.5 Å². The van der Waals surface area contributed by atoms with Crippen LogP contribution in [0.25, 0.3) is 21.4 Å². The molecule has 3 aromatic heterocycles. The van der Waals surface area contributed by atoms with Crippen LogP contribution in [0.3, 0.4) is 0 Å². The molecule has 126 valence electrons. The number of rotatable bonds is 3. The predicted molar refractivity (Wildman–Crippen MR) is 103 cm³/mol. The van der Waals surface area contributed by atoms with Crippen LogP contribution in [0.15, 0.2) is 55.0 Å². The molecule has 0 aliphatic carbocycles. The van der Waals surface area contributed by atoms with Crippen LogP contribution in [0.1, 0.15) is 0 Å². The zero-order valence-corrected chi connectivity index (χ0v) is 14.7. The normalized spacial score (nSPS) is 10.7. The van der Waals surface area contributed by atoms with E-state index in [9.17, 15) is 0 Å². The molecule has 0 radical (unpaired) electrons. The van der Waals surface area contributed by atoms with Gasteiger partial charge in [-0.1, -0.05) is 35.3 Å². The lowest BCUT2D eigenvalue weighted by Crippen LogP contribution is -1.96. The molecule has 0 aliphatic heterocycles. The molecule has 3 heterocycles. The summed E-state index contributed by atoms with van der Waals surface area (Å²) < 4.78 is 1.64. The first-order valence-corrected chi connectivity index (χ1v) is 8.30. The summed E-state index contributed by atoms with van der Waals surface area (Å²) in [7, 11) is 0. The Morgan fingerprint density at radius 2 is 1.85 bits per heavy atom. The van der Waals surface area contributed by atoms with Gasteiger partial charge in [0.15, 0.2) is 0 Å². The molecule has 4 rings (SSSR count). The van der Waals surface area contributed by atoms with E-state index in [2.05, 4.69) is 25.2 Å². The Kier molecular flexibility index (Phi) is 4.17. The number of halogens is 2. The molecule has 6 nitrogen and oxygen atoms in total. The van der Waals surface area contributed by atoms with Gasteiger partial charge in [-0.15, -0.1) is 0 Å². The summed E-state index contributed by atoms with van der Waals surface area (Å²) in [5.74, 6) is 1.18. The van der Waals surface area contributed by atoms with Crippen molar-refractivity contribution in [3.05, 3.63) is 76.5 Å². The number of aromatic nitrogens is 4. The molecule has 8 heteroatoms. The second kappa shape index (κ2) is 6.64. The van der Waals surface area contributed by atoms with Gasteiger partial charge in [0, 0.05) is 18.6 Å². The van der Waals surface area contributed by atoms with Gasteiger partial charge in [-0.05, 0) is 24.3 Å². The maximum Gasteiger partial charge on any atom is 0.205 e. The Labute approximate surface area is 158 Å². The molecule has 0 atom stereocenters. The van der Waals surface area contributed by atoms with Crippen molar-refractivity contribution in [3.63, 3.8) is 0 Å². The van der Waals surface area contributed by atoms with E-state index in [0.29, 0.717) is 33.1 Å². The van der Waals surface area contributed by atoms with Crippen molar-refractivity contribution < 1.29 is 0 Å². The third kappa shape index (κ3) is 2.94. The standard InChI is InChI=1S/C18H10Cl2N6/c1-21-11-5-6-16(23-9-11)24-18-12-10-26(25-15(12)7-8-22-18)17-13(19)3-2-4-14(17)20/h2-10H,(H,22,23,24). The molecule has 0 amide bonds. The van der Waals surface area contributed by atoms with Crippen LogP contribution >= 0.6 is 23.2 Å². The molecule has 4 aromatic rings. The Bertz CT molecular complexity index is 1120. The Balaban J connectivity index is 1.77. The van der Waals surface area contributed by atoms with Gasteiger partial charge in [-0.3, -0.25) is 4.98 Å². The van der Waals surface area contributed by atoms with E-state index in [0.717, 1.165) is 10.9 Å². The van der Waals surface area contributed by atoms with E-state index in [-0.39, 0.29) is 0 Å². The Morgan fingerprint density at radius 1 is 1.04 bits per heavy atom. The fraction of sp³-hybridized carbons (Fsp3) is 0. The van der Waals surface area contributed by atoms with Crippen molar-refractivity contribution in [2.45, 2.75) is 0 Å². The molecular weight excluding hydrogens is 371 g/mol. The number of pyridine rings is 2. The highest BCUT2D eigenvalue weighted by molar-refractivity contribution is 6.37. The maximum atomic E-state index is 6.98. The lowest BCUT2D eigenvalue weighted by atomic mass is 10.3. The fourth-order valence-corrected chi connectivity index (χ4v) is 3.08. The lowest BCUT2D eigenvalue weighted by molar-refractivity contribution is 0.897. The van der Waals surface area contributed by atoms with E-state index in [1.165, 1.54) is 6.20 Å². The number of nitrogens with one attached hydrogen (secondary N) is 1. The minimum atomic E-state index is 0.475. The Morgan fingerprint density at radius 3 is 2.54 bits per heavy atom. The summed E-state index contributed by atoms with van der Waals surface area (Å²) in [5.41, 5.74) is 1.82. The third-order valence-corrected chi connectivity index (χ3v) is 4.33. The van der Waals surface area contributed by atoms with Gasteiger partial charge in [0.2, 0.25) is 5.69 Å². The first kappa shape index (κ1) is 16.3. The maximum absolute atomic E-state index is 6.98. The average molecular weight is 381 g/mol. The van der Waals surface area contributed by atoms with Crippen LogP contribution in [0.2, 0.25) is 10.0 Å². The summed E-state index contributed by atoms with van der Waals surface area (Å²) in [6.45, 7) is 6.98. The van der Waals surface area contributed by atoms with E-state index >= 15 is 0 Å². The van der Waals surface area contributed by atoms with Crippen LogP contribution < -0.4 is 5.32 Å². The van der Waals surface area contributed by atoms with Crippen molar-refractivity contribution in [2.75, 3.05) is 5.32 Å². The van der Waals surface area contributed by atoms with Gasteiger partial charge < -0.3 is 5.32 Å². The number of para-hydroxylation sites is 1. The van der Waals surface area contributed by atoms with Crippen molar-refractivity contribution in [3.8, 4) is 5.69 Å². The van der Waals surface area contributed by atoms with Crippen molar-refractivity contribution >= 4 is 51.4 Å². The zero-order valence-electron chi connectivity index (χ0n) is 13.2. The molecule has 0 saturated heterocycles. The minimum Gasteiger partial charge on any atom is -0.324 e. The fourth-order valence-electron chi connectivity index (χ4n) is 2.51. The van der Waals surface area contributed by atoms with E-state index in [1.807, 2.05) is 6.20 Å². The number of hydrogen-bond donors (Lipinski definition) is 1. The van der Waals surface area contributed by atoms with E-state index in [1.54, 1.807) is 47.3 Å². The molecule has 1 aromatic carbocycles. The number of anilines is 2. The zero-order chi connectivity index (χ0) is 18.1. The highest BCUT2D eigenvalue weighted by atomic mass is 35.5. The van der Waals surface area contributed by atoms with Crippen LogP contribution in [-0.2, 0) is 0 Å². The molecule has 0 aliphatic rings. The second-order valence-electron chi connectivity index (χ2n) is 5.37. The minimum absolute atomic E-state index is 0.475. The summed E-state index contributed by atoms with van der Waals surface area (Å²) in [6, 6.07) is 10.5. The molecule has 0 fully saturated rings. The molecular formula is C18H10Cl2N6. The van der Waals surface area contributed by atoms with Gasteiger partial charge in [-0.25, -0.2) is 14.5 Å². The quantitative estimate of drug-likeness (QED) is 0.482. The highest BCUT2D eigenvalue weighted by Gasteiger charge is 2.13. The smallest absolute Gasteiger partial charge is 0.205 e. The topological polar surface area (TPSA) is 60.0 Å². The highest BCUT2D eigenvalue weighted by Crippen LogP contribution is 2.31. The summed E-state index contributed by atoms with van der Waals surface area (Å²) in [6.07, 6.45) is 4.97. The number of hydrogen-bond acceptors (Lipinski definition) is 4. The van der Waals surface area contributed by atoms with Crippen molar-refractivity contribution in [1.29, 1.82) is 0 Å². The van der Waals surface area contributed by atoms with Gasteiger partial charge >= 0.3 is 0 Å². The first-order valence-electron chi connectivity index (χ1n) is 7.55. The summed E-state index contributed by atoms with van der Waals surface area (Å²) in [5, 5.41) is 9.49. The summed E-state index contributed by atoms with van der Waals surface area (Å²) in [4.78, 5) is 11.9.